The molecule has 0 aliphatic carbocycles. The fraction of sp³-hybridized carbons (Fsp3) is 0.524. The van der Waals surface area contributed by atoms with Gasteiger partial charge >= 0.3 is 0 Å². The minimum absolute atomic E-state index is 0.0954. The van der Waals surface area contributed by atoms with Gasteiger partial charge in [-0.2, -0.15) is 0 Å². The van der Waals surface area contributed by atoms with Gasteiger partial charge in [-0.3, -0.25) is 9.69 Å². The standard InChI is InChI=1S/C21H28N4O2/c1-14(2)7-8-24-10-15-3-5-17(24)12-25(11-15)21(27)16-4-6-18-19(9-16)23-20(13-26)22-18/h4,6-7,9,15,17,26H,3,5,8,10-13H2,1-2H3,(H,22,23)/t15-,17-/m1/s1. The lowest BCUT2D eigenvalue weighted by Gasteiger charge is -2.35. The molecule has 3 aliphatic rings. The van der Waals surface area contributed by atoms with Crippen LogP contribution >= 0.6 is 0 Å². The predicted octanol–water partition coefficient (Wildman–Crippen LogP) is 2.56. The van der Waals surface area contributed by atoms with Crippen LogP contribution < -0.4 is 0 Å². The predicted molar refractivity (Wildman–Crippen MR) is 105 cm³/mol. The Kier molecular flexibility index (Phi) is 5.02. The maximum Gasteiger partial charge on any atom is 0.253 e. The number of aliphatic hydroxyl groups is 1. The molecule has 0 saturated carbocycles. The lowest BCUT2D eigenvalue weighted by Crippen LogP contribution is -2.44. The number of rotatable bonds is 4. The average Bonchev–Trinajstić information content (AvgIpc) is 2.86. The lowest BCUT2D eigenvalue weighted by atomic mass is 9.95. The molecule has 3 fully saturated rings. The van der Waals surface area contributed by atoms with Gasteiger partial charge in [-0.05, 0) is 50.8 Å². The Morgan fingerprint density at radius 1 is 1.30 bits per heavy atom. The van der Waals surface area contributed by atoms with Gasteiger partial charge in [0.15, 0.2) is 0 Å². The number of hydrogen-bond acceptors (Lipinski definition) is 4. The number of aromatic amines is 1. The molecular formula is C21H28N4O2. The lowest BCUT2D eigenvalue weighted by molar-refractivity contribution is 0.0740. The second-order valence-electron chi connectivity index (χ2n) is 8.12. The summed E-state index contributed by atoms with van der Waals surface area (Å²) in [6.45, 7) is 7.85. The summed E-state index contributed by atoms with van der Waals surface area (Å²) in [7, 11) is 0. The summed E-state index contributed by atoms with van der Waals surface area (Å²) in [6, 6.07) is 6.00. The normalized spacial score (nSPS) is 22.9. The van der Waals surface area contributed by atoms with Gasteiger partial charge in [-0.15, -0.1) is 0 Å². The molecule has 27 heavy (non-hydrogen) atoms. The number of nitrogens with one attached hydrogen (secondary N) is 1. The van der Waals surface area contributed by atoms with Crippen LogP contribution in [0, 0.1) is 5.92 Å². The number of amides is 1. The van der Waals surface area contributed by atoms with E-state index in [1.165, 1.54) is 18.4 Å². The molecule has 3 saturated heterocycles. The zero-order valence-electron chi connectivity index (χ0n) is 16.1. The monoisotopic (exact) mass is 368 g/mol. The van der Waals surface area contributed by atoms with E-state index in [9.17, 15) is 9.90 Å². The Labute approximate surface area is 159 Å². The van der Waals surface area contributed by atoms with E-state index in [1.54, 1.807) is 0 Å². The molecule has 2 atom stereocenters. The van der Waals surface area contributed by atoms with E-state index < -0.39 is 0 Å². The van der Waals surface area contributed by atoms with Crippen molar-refractivity contribution in [2.75, 3.05) is 26.2 Å². The van der Waals surface area contributed by atoms with Gasteiger partial charge in [0.05, 0.1) is 11.0 Å². The van der Waals surface area contributed by atoms with Crippen molar-refractivity contribution in [1.29, 1.82) is 0 Å². The second-order valence-corrected chi connectivity index (χ2v) is 8.12. The Bertz CT molecular complexity index is 868. The number of H-pyrrole nitrogens is 1. The van der Waals surface area contributed by atoms with Gasteiger partial charge in [0.1, 0.15) is 12.4 Å². The van der Waals surface area contributed by atoms with E-state index in [4.69, 9.17) is 0 Å². The first-order valence-electron chi connectivity index (χ1n) is 9.79. The average molecular weight is 368 g/mol. The number of nitrogens with zero attached hydrogens (tertiary/aromatic N) is 3. The molecule has 4 heterocycles. The summed E-state index contributed by atoms with van der Waals surface area (Å²) in [5.41, 5.74) is 3.61. The minimum Gasteiger partial charge on any atom is -0.388 e. The quantitative estimate of drug-likeness (QED) is 0.814. The molecule has 6 heteroatoms. The third kappa shape index (κ3) is 3.77. The van der Waals surface area contributed by atoms with Crippen molar-refractivity contribution in [3.8, 4) is 0 Å². The molecule has 0 spiro atoms. The molecule has 1 aromatic carbocycles. The zero-order valence-corrected chi connectivity index (χ0v) is 16.1. The van der Waals surface area contributed by atoms with Crippen molar-refractivity contribution in [3.63, 3.8) is 0 Å². The van der Waals surface area contributed by atoms with Crippen molar-refractivity contribution in [2.24, 2.45) is 5.92 Å². The minimum atomic E-state index is -0.130. The highest BCUT2D eigenvalue weighted by atomic mass is 16.3. The SMILES string of the molecule is CC(C)=CCN1C[C@H]2CC[C@@H]1CN(C(=O)c1ccc3nc(CO)[nH]c3c1)C2. The highest BCUT2D eigenvalue weighted by molar-refractivity contribution is 5.97. The number of aliphatic hydroxyl groups excluding tert-OH is 1. The number of hydrogen-bond donors (Lipinski definition) is 2. The fourth-order valence-electron chi connectivity index (χ4n) is 4.32. The van der Waals surface area contributed by atoms with Crippen molar-refractivity contribution in [1.82, 2.24) is 19.8 Å². The molecule has 1 amide bonds. The van der Waals surface area contributed by atoms with Crippen LogP contribution in [-0.4, -0.2) is 63.0 Å². The van der Waals surface area contributed by atoms with Crippen LogP contribution in [0.15, 0.2) is 29.8 Å². The van der Waals surface area contributed by atoms with Gasteiger partial charge < -0.3 is 15.0 Å². The van der Waals surface area contributed by atoms with Crippen molar-refractivity contribution in [2.45, 2.75) is 39.3 Å². The number of fused-ring (bicyclic) bond motifs is 5. The maximum atomic E-state index is 13.2. The van der Waals surface area contributed by atoms with E-state index in [0.29, 0.717) is 23.3 Å². The second kappa shape index (κ2) is 7.44. The summed E-state index contributed by atoms with van der Waals surface area (Å²) >= 11 is 0. The molecule has 6 nitrogen and oxygen atoms in total. The summed E-state index contributed by atoms with van der Waals surface area (Å²) < 4.78 is 0. The van der Waals surface area contributed by atoms with E-state index in [-0.39, 0.29) is 12.5 Å². The van der Waals surface area contributed by atoms with Crippen LogP contribution in [0.5, 0.6) is 0 Å². The zero-order chi connectivity index (χ0) is 19.0. The van der Waals surface area contributed by atoms with Crippen molar-refractivity contribution < 1.29 is 9.90 Å². The van der Waals surface area contributed by atoms with E-state index in [0.717, 1.165) is 37.2 Å². The first-order valence-corrected chi connectivity index (χ1v) is 9.79. The van der Waals surface area contributed by atoms with Crippen LogP contribution in [0.2, 0.25) is 0 Å². The van der Waals surface area contributed by atoms with Crippen molar-refractivity contribution in [3.05, 3.63) is 41.2 Å². The molecule has 144 valence electrons. The molecule has 5 rings (SSSR count). The van der Waals surface area contributed by atoms with E-state index in [1.807, 2.05) is 23.1 Å². The Morgan fingerprint density at radius 3 is 2.93 bits per heavy atom. The first-order chi connectivity index (χ1) is 13.0. The third-order valence-electron chi connectivity index (χ3n) is 5.78. The maximum absolute atomic E-state index is 13.2. The van der Waals surface area contributed by atoms with Gasteiger partial charge in [0.2, 0.25) is 0 Å². The fourth-order valence-corrected chi connectivity index (χ4v) is 4.32. The van der Waals surface area contributed by atoms with Crippen LogP contribution in [0.1, 0.15) is 42.9 Å². The molecule has 1 aromatic heterocycles. The van der Waals surface area contributed by atoms with Gasteiger partial charge in [0, 0.05) is 37.8 Å². The smallest absolute Gasteiger partial charge is 0.253 e. The highest BCUT2D eigenvalue weighted by Crippen LogP contribution is 2.29. The summed E-state index contributed by atoms with van der Waals surface area (Å²) in [4.78, 5) is 25.1. The number of benzene rings is 1. The summed E-state index contributed by atoms with van der Waals surface area (Å²) in [5.74, 6) is 1.17. The molecule has 2 N–H and O–H groups in total. The third-order valence-corrected chi connectivity index (χ3v) is 5.78. The van der Waals surface area contributed by atoms with Crippen LogP contribution in [0.25, 0.3) is 11.0 Å². The molecule has 0 unspecified atom stereocenters. The summed E-state index contributed by atoms with van der Waals surface area (Å²) in [5, 5.41) is 9.24. The Morgan fingerprint density at radius 2 is 2.15 bits per heavy atom. The van der Waals surface area contributed by atoms with E-state index >= 15 is 0 Å². The molecule has 3 aliphatic heterocycles. The number of allylic oxidation sites excluding steroid dienone is 1. The largest absolute Gasteiger partial charge is 0.388 e. The van der Waals surface area contributed by atoms with Crippen LogP contribution in [-0.2, 0) is 6.61 Å². The number of aromatic nitrogens is 2. The van der Waals surface area contributed by atoms with Crippen LogP contribution in [0.4, 0.5) is 0 Å². The Hall–Kier alpha value is -2.18. The topological polar surface area (TPSA) is 72.5 Å². The van der Waals surface area contributed by atoms with E-state index in [2.05, 4.69) is 34.8 Å². The first kappa shape index (κ1) is 18.2. The van der Waals surface area contributed by atoms with Gasteiger partial charge in [-0.1, -0.05) is 11.6 Å². The van der Waals surface area contributed by atoms with Crippen LogP contribution in [0.3, 0.4) is 0 Å². The number of imidazole rings is 1. The molecular weight excluding hydrogens is 340 g/mol. The number of carbonyl (C=O) groups excluding carboxylic acids is 1. The van der Waals surface area contributed by atoms with Gasteiger partial charge in [-0.25, -0.2) is 4.98 Å². The van der Waals surface area contributed by atoms with Crippen molar-refractivity contribution >= 4 is 16.9 Å². The molecule has 0 radical (unpaired) electrons. The van der Waals surface area contributed by atoms with Gasteiger partial charge in [0.25, 0.3) is 5.91 Å². The Balaban J connectivity index is 1.53. The molecule has 2 bridgehead atoms. The number of carbonyl (C=O) groups is 1. The number of piperidine rings is 1. The molecule has 2 aromatic rings. The highest BCUT2D eigenvalue weighted by Gasteiger charge is 2.36. The summed E-state index contributed by atoms with van der Waals surface area (Å²) in [6.07, 6.45) is 4.67.